The Morgan fingerprint density at radius 1 is 0.830 bits per heavy atom. The number of aromatic amines is 2. The monoisotopic (exact) mass is 748 g/mol. The van der Waals surface area contributed by atoms with Gasteiger partial charge in [-0.25, -0.2) is 0 Å². The largest absolute Gasteiger partial charge is 0.383 e. The predicted molar refractivity (Wildman–Crippen MR) is 208 cm³/mol. The molecule has 0 aliphatic heterocycles. The van der Waals surface area contributed by atoms with E-state index >= 15 is 0 Å². The van der Waals surface area contributed by atoms with Crippen molar-refractivity contribution in [3.63, 3.8) is 0 Å². The van der Waals surface area contributed by atoms with Crippen molar-refractivity contribution in [1.82, 2.24) is 35.7 Å². The lowest BCUT2D eigenvalue weighted by molar-refractivity contribution is -0.142. The highest BCUT2D eigenvalue weighted by Gasteiger charge is 2.26. The number of amides is 5. The molecule has 4 aromatic rings. The van der Waals surface area contributed by atoms with Gasteiger partial charge in [0.1, 0.15) is 6.04 Å². The first-order valence-corrected chi connectivity index (χ1v) is 18.6. The van der Waals surface area contributed by atoms with E-state index in [-0.39, 0.29) is 57.4 Å². The second-order valence-electron chi connectivity index (χ2n) is 12.9. The predicted octanol–water partition coefficient (Wildman–Crippen LogP) is 1.90. The summed E-state index contributed by atoms with van der Waals surface area (Å²) in [6.45, 7) is 1.13. The fourth-order valence-electron chi connectivity index (χ4n) is 6.15. The lowest BCUT2D eigenvalue weighted by atomic mass is 10.1. The van der Waals surface area contributed by atoms with Gasteiger partial charge in [0, 0.05) is 79.7 Å². The number of thiol groups is 1. The van der Waals surface area contributed by atoms with Crippen LogP contribution in [0.15, 0.2) is 60.9 Å². The summed E-state index contributed by atoms with van der Waals surface area (Å²) in [6.07, 6.45) is 6.18. The van der Waals surface area contributed by atoms with Gasteiger partial charge in [-0.3, -0.25) is 24.0 Å². The fraction of sp³-hybridized carbons (Fsp3) is 0.447. The molecule has 2 aromatic heterocycles. The van der Waals surface area contributed by atoms with Gasteiger partial charge in [-0.15, -0.1) is 0 Å². The molecule has 0 spiro atoms. The quantitative estimate of drug-likeness (QED) is 0.0420. The molecule has 2 aromatic carbocycles. The van der Waals surface area contributed by atoms with Crippen molar-refractivity contribution < 1.29 is 28.7 Å². The Morgan fingerprint density at radius 3 is 2.02 bits per heavy atom. The van der Waals surface area contributed by atoms with Gasteiger partial charge in [0.15, 0.2) is 0 Å². The first kappa shape index (κ1) is 40.9. The van der Waals surface area contributed by atoms with Crippen LogP contribution in [0.1, 0.15) is 36.8 Å². The molecule has 1 unspecified atom stereocenters. The number of nitrogens with one attached hydrogen (secondary N) is 5. The number of hydrogen-bond acceptors (Lipinski definition) is 8. The number of fused-ring (bicyclic) bond motifs is 2. The Balaban J connectivity index is 1.52. The van der Waals surface area contributed by atoms with Crippen molar-refractivity contribution in [3.05, 3.63) is 72.1 Å². The van der Waals surface area contributed by atoms with Crippen molar-refractivity contribution in [3.8, 4) is 0 Å². The summed E-state index contributed by atoms with van der Waals surface area (Å²) in [5.74, 6) is -1.57. The first-order valence-electron chi connectivity index (χ1n) is 18.0. The topological polar surface area (TPSA) is 195 Å². The second-order valence-corrected chi connectivity index (χ2v) is 13.3. The lowest BCUT2D eigenvalue weighted by Crippen LogP contribution is -2.52. The van der Waals surface area contributed by atoms with E-state index in [0.29, 0.717) is 51.1 Å². The third kappa shape index (κ3) is 12.9. The Bertz CT molecular complexity index is 1810. The highest BCUT2D eigenvalue weighted by molar-refractivity contribution is 7.80. The minimum Gasteiger partial charge on any atom is -0.383 e. The Morgan fingerprint density at radius 2 is 1.43 bits per heavy atom. The standard InChI is InChI=1S/C38H52N8O6S/c1-52-20-16-40-24-36(49)46(19-15-28-23-43-32-11-5-3-9-30(28)32)26-37(50)45(18-14-27-22-42-31-10-4-2-8-29(27)31)25-35(48)44-33(38(51)41-17-21-53)12-6-7-13-34(39)47/h2-5,8-11,22-23,33,40,42-43,53H,6-7,12-21,24-26H2,1H3,(H2,39,47)(H,41,51)(H,44,48). The number of aromatic nitrogens is 2. The van der Waals surface area contributed by atoms with Gasteiger partial charge in [-0.2, -0.15) is 12.6 Å². The maximum absolute atomic E-state index is 14.2. The molecule has 286 valence electrons. The van der Waals surface area contributed by atoms with Crippen molar-refractivity contribution >= 4 is 64.0 Å². The number of H-pyrrole nitrogens is 2. The summed E-state index contributed by atoms with van der Waals surface area (Å²) in [5.41, 5.74) is 9.22. The zero-order valence-electron chi connectivity index (χ0n) is 30.3. The van der Waals surface area contributed by atoms with E-state index in [1.165, 1.54) is 9.80 Å². The van der Waals surface area contributed by atoms with Crippen molar-refractivity contribution in [2.75, 3.05) is 65.3 Å². The second kappa shape index (κ2) is 21.6. The fourth-order valence-corrected chi connectivity index (χ4v) is 6.26. The molecule has 0 fully saturated rings. The van der Waals surface area contributed by atoms with Crippen LogP contribution in [0.2, 0.25) is 0 Å². The molecule has 5 amide bonds. The van der Waals surface area contributed by atoms with Crippen LogP contribution in [0, 0.1) is 0 Å². The summed E-state index contributed by atoms with van der Waals surface area (Å²) in [5, 5.41) is 10.7. The van der Waals surface area contributed by atoms with E-state index in [9.17, 15) is 24.0 Å². The molecule has 15 heteroatoms. The smallest absolute Gasteiger partial charge is 0.242 e. The van der Waals surface area contributed by atoms with Crippen molar-refractivity contribution in [1.29, 1.82) is 0 Å². The molecule has 14 nitrogen and oxygen atoms in total. The number of benzene rings is 2. The summed E-state index contributed by atoms with van der Waals surface area (Å²) in [7, 11) is 1.58. The molecule has 1 atom stereocenters. The van der Waals surface area contributed by atoms with Gasteiger partial charge in [0.05, 0.1) is 26.2 Å². The van der Waals surface area contributed by atoms with E-state index in [1.807, 2.05) is 60.9 Å². The third-order valence-electron chi connectivity index (χ3n) is 9.01. The van der Waals surface area contributed by atoms with Crippen molar-refractivity contribution in [2.45, 2.75) is 44.6 Å². The van der Waals surface area contributed by atoms with Crippen LogP contribution in [0.25, 0.3) is 21.8 Å². The number of hydrogen-bond donors (Lipinski definition) is 7. The van der Waals surface area contributed by atoms with E-state index in [2.05, 4.69) is 38.5 Å². The van der Waals surface area contributed by atoms with Crippen LogP contribution in [-0.4, -0.2) is 121 Å². The van der Waals surface area contributed by atoms with Crippen LogP contribution in [0.3, 0.4) is 0 Å². The van der Waals surface area contributed by atoms with Gasteiger partial charge in [-0.1, -0.05) is 42.8 Å². The summed E-state index contributed by atoms with van der Waals surface area (Å²) >= 11 is 4.16. The number of rotatable bonds is 24. The van der Waals surface area contributed by atoms with Gasteiger partial charge in [0.2, 0.25) is 29.5 Å². The van der Waals surface area contributed by atoms with Crippen LogP contribution in [-0.2, 0) is 41.6 Å². The van der Waals surface area contributed by atoms with Crippen LogP contribution >= 0.6 is 12.6 Å². The normalized spacial score (nSPS) is 11.7. The van der Waals surface area contributed by atoms with E-state index in [1.54, 1.807) is 7.11 Å². The van der Waals surface area contributed by atoms with Gasteiger partial charge in [0.25, 0.3) is 0 Å². The van der Waals surface area contributed by atoms with Gasteiger partial charge in [-0.05, 0) is 48.9 Å². The number of primary amides is 1. The number of ether oxygens (including phenoxy) is 1. The summed E-state index contributed by atoms with van der Waals surface area (Å²) < 4.78 is 5.10. The molecule has 0 bridgehead atoms. The Kier molecular flexibility index (Phi) is 16.7. The first-order chi connectivity index (χ1) is 25.7. The number of para-hydroxylation sites is 2. The van der Waals surface area contributed by atoms with Crippen LogP contribution in [0.4, 0.5) is 0 Å². The molecule has 2 heterocycles. The zero-order chi connectivity index (χ0) is 38.0. The van der Waals surface area contributed by atoms with E-state index < -0.39 is 23.8 Å². The van der Waals surface area contributed by atoms with Crippen LogP contribution < -0.4 is 21.7 Å². The number of methoxy groups -OCH3 is 1. The molecule has 0 saturated heterocycles. The average molecular weight is 749 g/mol. The molecule has 0 radical (unpaired) electrons. The minimum atomic E-state index is -0.881. The zero-order valence-corrected chi connectivity index (χ0v) is 31.2. The minimum absolute atomic E-state index is 0.0131. The van der Waals surface area contributed by atoms with Crippen LogP contribution in [0.5, 0.6) is 0 Å². The summed E-state index contributed by atoms with van der Waals surface area (Å²) in [6, 6.07) is 14.9. The Hall–Kier alpha value is -4.86. The maximum Gasteiger partial charge on any atom is 0.242 e. The molecule has 0 saturated carbocycles. The molecule has 7 N–H and O–H groups in total. The molecule has 4 rings (SSSR count). The Labute approximate surface area is 315 Å². The maximum atomic E-state index is 14.2. The SMILES string of the molecule is COCCNCC(=O)N(CCc1c[nH]c2ccccc12)CC(=O)N(CCc1c[nH]c2ccccc12)CC(=O)NC(CCCCC(N)=O)C(=O)NCCS. The highest BCUT2D eigenvalue weighted by atomic mass is 32.1. The highest BCUT2D eigenvalue weighted by Crippen LogP contribution is 2.20. The number of carbonyl (C=O) groups is 5. The molecular weight excluding hydrogens is 697 g/mol. The molecule has 53 heavy (non-hydrogen) atoms. The number of carbonyl (C=O) groups excluding carboxylic acids is 5. The lowest BCUT2D eigenvalue weighted by Gasteiger charge is -2.28. The van der Waals surface area contributed by atoms with E-state index in [4.69, 9.17) is 10.5 Å². The third-order valence-corrected chi connectivity index (χ3v) is 9.23. The average Bonchev–Trinajstić information content (AvgIpc) is 3.77. The molecular formula is C38H52N8O6S. The van der Waals surface area contributed by atoms with Crippen molar-refractivity contribution in [2.24, 2.45) is 5.73 Å². The van der Waals surface area contributed by atoms with Gasteiger partial charge >= 0.3 is 0 Å². The molecule has 0 aliphatic rings. The number of nitrogens with zero attached hydrogens (tertiary/aromatic N) is 2. The van der Waals surface area contributed by atoms with Gasteiger partial charge < -0.3 is 46.2 Å². The van der Waals surface area contributed by atoms with E-state index in [0.717, 1.165) is 32.9 Å². The molecule has 0 aliphatic carbocycles. The number of unbranched alkanes of at least 4 members (excludes halogenated alkanes) is 1. The number of nitrogens with two attached hydrogens (primary N) is 1. The summed E-state index contributed by atoms with van der Waals surface area (Å²) in [4.78, 5) is 75.0.